The van der Waals surface area contributed by atoms with Gasteiger partial charge in [-0.1, -0.05) is 30.3 Å². The maximum atomic E-state index is 12.8. The average molecular weight is 351 g/mol. The smallest absolute Gasteiger partial charge is 0.322 e. The predicted molar refractivity (Wildman–Crippen MR) is 92.5 cm³/mol. The molecular weight excluding hydrogens is 334 g/mol. The lowest BCUT2D eigenvalue weighted by Gasteiger charge is -2.31. The zero-order valence-corrected chi connectivity index (χ0v) is 14.1. The molecule has 4 amide bonds. The van der Waals surface area contributed by atoms with Crippen molar-refractivity contribution in [3.05, 3.63) is 65.2 Å². The Bertz CT molecular complexity index is 912. The first-order chi connectivity index (χ1) is 12.5. The molecule has 0 bridgehead atoms. The number of methoxy groups -OCH3 is 1. The molecule has 26 heavy (non-hydrogen) atoms. The van der Waals surface area contributed by atoms with E-state index in [1.165, 1.54) is 0 Å². The van der Waals surface area contributed by atoms with E-state index in [-0.39, 0.29) is 12.5 Å². The van der Waals surface area contributed by atoms with Gasteiger partial charge in [0.05, 0.1) is 13.7 Å². The molecule has 1 atom stereocenters. The number of urea groups is 1. The van der Waals surface area contributed by atoms with E-state index in [0.29, 0.717) is 23.4 Å². The van der Waals surface area contributed by atoms with Gasteiger partial charge in [0.25, 0.3) is 11.8 Å². The van der Waals surface area contributed by atoms with Crippen LogP contribution in [0, 0.1) is 0 Å². The van der Waals surface area contributed by atoms with Crippen molar-refractivity contribution in [3.8, 4) is 5.75 Å². The summed E-state index contributed by atoms with van der Waals surface area (Å²) in [4.78, 5) is 38.8. The number of nitrogens with one attached hydrogen (secondary N) is 2. The number of hydrogen-bond acceptors (Lipinski definition) is 4. The number of fused-ring (bicyclic) bond motifs is 1. The third-order valence-electron chi connectivity index (χ3n) is 4.83. The van der Waals surface area contributed by atoms with Gasteiger partial charge in [0, 0.05) is 12.1 Å². The fraction of sp³-hybridized carbons (Fsp3) is 0.211. The van der Waals surface area contributed by atoms with Crippen LogP contribution in [-0.4, -0.2) is 36.4 Å². The van der Waals surface area contributed by atoms with Crippen molar-refractivity contribution < 1.29 is 19.1 Å². The normalized spacial score (nSPS) is 21.4. The largest absolute Gasteiger partial charge is 0.497 e. The van der Waals surface area contributed by atoms with E-state index >= 15 is 0 Å². The molecule has 2 N–H and O–H groups in total. The molecule has 132 valence electrons. The number of benzene rings is 2. The quantitative estimate of drug-likeness (QED) is 0.815. The zero-order valence-electron chi connectivity index (χ0n) is 14.1. The summed E-state index contributed by atoms with van der Waals surface area (Å²) in [5.41, 5.74) is 0.742. The lowest BCUT2D eigenvalue weighted by atomic mass is 9.89. The molecule has 7 heteroatoms. The molecule has 7 nitrogen and oxygen atoms in total. The second-order valence-electron chi connectivity index (χ2n) is 6.36. The first kappa shape index (κ1) is 16.1. The molecule has 0 radical (unpaired) electrons. The standard InChI is InChI=1S/C19H17N3O4/c1-26-14-7-8-15-12(9-14)10-22(16(15)23)11-19(13-5-3-2-4-6-13)17(24)20-18(25)21-19/h2-9H,10-11H2,1H3,(H2,20,21,24,25). The van der Waals surface area contributed by atoms with Gasteiger partial charge < -0.3 is 15.0 Å². The SMILES string of the molecule is COc1ccc2c(c1)CN(CC1(c3ccccc3)NC(=O)NC1=O)C2=O. The maximum absolute atomic E-state index is 12.8. The van der Waals surface area contributed by atoms with Crippen LogP contribution in [0.4, 0.5) is 4.79 Å². The number of ether oxygens (including phenoxy) is 1. The van der Waals surface area contributed by atoms with Crippen molar-refractivity contribution in [1.29, 1.82) is 0 Å². The monoisotopic (exact) mass is 351 g/mol. The number of imide groups is 1. The molecule has 4 rings (SSSR count). The van der Waals surface area contributed by atoms with Crippen molar-refractivity contribution in [2.75, 3.05) is 13.7 Å². The third kappa shape index (κ3) is 2.40. The molecule has 0 aliphatic carbocycles. The highest BCUT2D eigenvalue weighted by Crippen LogP contribution is 2.32. The first-order valence-corrected chi connectivity index (χ1v) is 8.19. The molecule has 2 aromatic rings. The second-order valence-corrected chi connectivity index (χ2v) is 6.36. The van der Waals surface area contributed by atoms with E-state index in [4.69, 9.17) is 4.74 Å². The minimum Gasteiger partial charge on any atom is -0.497 e. The highest BCUT2D eigenvalue weighted by molar-refractivity contribution is 6.08. The van der Waals surface area contributed by atoms with Gasteiger partial charge in [-0.25, -0.2) is 4.79 Å². The van der Waals surface area contributed by atoms with E-state index in [2.05, 4.69) is 10.6 Å². The summed E-state index contributed by atoms with van der Waals surface area (Å²) in [7, 11) is 1.57. The number of rotatable bonds is 4. The fourth-order valence-electron chi connectivity index (χ4n) is 3.52. The van der Waals surface area contributed by atoms with Crippen LogP contribution in [0.3, 0.4) is 0 Å². The molecule has 2 heterocycles. The number of amides is 4. The summed E-state index contributed by atoms with van der Waals surface area (Å²) < 4.78 is 5.21. The Morgan fingerprint density at radius 2 is 1.88 bits per heavy atom. The predicted octanol–water partition coefficient (Wildman–Crippen LogP) is 1.39. The number of hydrogen-bond donors (Lipinski definition) is 2. The summed E-state index contributed by atoms with van der Waals surface area (Å²) in [6.45, 7) is 0.396. The van der Waals surface area contributed by atoms with E-state index < -0.39 is 17.5 Å². The van der Waals surface area contributed by atoms with Crippen LogP contribution < -0.4 is 15.4 Å². The third-order valence-corrected chi connectivity index (χ3v) is 4.83. The van der Waals surface area contributed by atoms with Gasteiger partial charge in [-0.15, -0.1) is 0 Å². The molecule has 0 spiro atoms. The Morgan fingerprint density at radius 3 is 2.54 bits per heavy atom. The topological polar surface area (TPSA) is 87.7 Å². The van der Waals surface area contributed by atoms with Gasteiger partial charge in [0.15, 0.2) is 5.54 Å². The van der Waals surface area contributed by atoms with Crippen LogP contribution in [0.25, 0.3) is 0 Å². The molecule has 1 fully saturated rings. The van der Waals surface area contributed by atoms with Crippen molar-refractivity contribution >= 4 is 17.8 Å². The van der Waals surface area contributed by atoms with Crippen LogP contribution in [0.2, 0.25) is 0 Å². The van der Waals surface area contributed by atoms with Crippen molar-refractivity contribution in [2.45, 2.75) is 12.1 Å². The number of nitrogens with zero attached hydrogens (tertiary/aromatic N) is 1. The number of carbonyl (C=O) groups is 3. The summed E-state index contributed by atoms with van der Waals surface area (Å²) >= 11 is 0. The Balaban J connectivity index is 1.69. The van der Waals surface area contributed by atoms with Gasteiger partial charge in [0.1, 0.15) is 5.75 Å². The van der Waals surface area contributed by atoms with Gasteiger partial charge in [0.2, 0.25) is 0 Å². The lowest BCUT2D eigenvalue weighted by Crippen LogP contribution is -2.52. The first-order valence-electron chi connectivity index (χ1n) is 8.19. The van der Waals surface area contributed by atoms with Crippen molar-refractivity contribution in [2.24, 2.45) is 0 Å². The highest BCUT2D eigenvalue weighted by atomic mass is 16.5. The van der Waals surface area contributed by atoms with Gasteiger partial charge in [-0.3, -0.25) is 14.9 Å². The molecule has 2 aromatic carbocycles. The van der Waals surface area contributed by atoms with Gasteiger partial charge in [-0.2, -0.15) is 0 Å². The second kappa shape index (κ2) is 5.87. The summed E-state index contributed by atoms with van der Waals surface area (Å²) in [5.74, 6) is 0.0324. The van der Waals surface area contributed by atoms with Crippen LogP contribution in [0.5, 0.6) is 5.75 Å². The number of carbonyl (C=O) groups excluding carboxylic acids is 3. The van der Waals surface area contributed by atoms with E-state index in [1.807, 2.05) is 12.1 Å². The Kier molecular flexibility index (Phi) is 3.64. The Labute approximate surface area is 149 Å². The van der Waals surface area contributed by atoms with Crippen LogP contribution in [-0.2, 0) is 16.9 Å². The maximum Gasteiger partial charge on any atom is 0.322 e. The minimum absolute atomic E-state index is 0.0460. The van der Waals surface area contributed by atoms with Crippen LogP contribution in [0.1, 0.15) is 21.5 Å². The molecular formula is C19H17N3O4. The average Bonchev–Trinajstić information content (AvgIpc) is 3.12. The molecule has 0 aromatic heterocycles. The van der Waals surface area contributed by atoms with Gasteiger partial charge in [-0.05, 0) is 29.3 Å². The molecule has 2 aliphatic rings. The molecule has 1 unspecified atom stereocenters. The molecule has 0 saturated carbocycles. The summed E-state index contributed by atoms with van der Waals surface area (Å²) in [5, 5.41) is 5.00. The lowest BCUT2D eigenvalue weighted by molar-refractivity contribution is -0.124. The minimum atomic E-state index is -1.31. The molecule has 2 aliphatic heterocycles. The van der Waals surface area contributed by atoms with Crippen LogP contribution in [0.15, 0.2) is 48.5 Å². The molecule has 1 saturated heterocycles. The van der Waals surface area contributed by atoms with E-state index in [1.54, 1.807) is 48.4 Å². The van der Waals surface area contributed by atoms with E-state index in [0.717, 1.165) is 5.56 Å². The fourth-order valence-corrected chi connectivity index (χ4v) is 3.52. The highest BCUT2D eigenvalue weighted by Gasteiger charge is 2.50. The van der Waals surface area contributed by atoms with Gasteiger partial charge >= 0.3 is 6.03 Å². The summed E-state index contributed by atoms with van der Waals surface area (Å²) in [6.07, 6.45) is 0. The van der Waals surface area contributed by atoms with E-state index in [9.17, 15) is 14.4 Å². The Hall–Kier alpha value is -3.35. The summed E-state index contributed by atoms with van der Waals surface area (Å²) in [6, 6.07) is 13.6. The zero-order chi connectivity index (χ0) is 18.3. The van der Waals surface area contributed by atoms with Crippen molar-refractivity contribution in [1.82, 2.24) is 15.5 Å². The Morgan fingerprint density at radius 1 is 1.12 bits per heavy atom. The van der Waals surface area contributed by atoms with Crippen LogP contribution >= 0.6 is 0 Å². The van der Waals surface area contributed by atoms with Crippen molar-refractivity contribution in [3.63, 3.8) is 0 Å².